The number of rotatable bonds is 6. The molecule has 1 aliphatic heterocycles. The number of benzene rings is 1. The Morgan fingerprint density at radius 3 is 2.15 bits per heavy atom. The maximum absolute atomic E-state index is 12.3. The van der Waals surface area contributed by atoms with Crippen LogP contribution in [-0.2, 0) is 25.5 Å². The predicted molar refractivity (Wildman–Crippen MR) is 93.2 cm³/mol. The van der Waals surface area contributed by atoms with Gasteiger partial charge in [0.15, 0.2) is 12.4 Å². The Kier molecular flexibility index (Phi) is 5.30. The summed E-state index contributed by atoms with van der Waals surface area (Å²) in [5.41, 5.74) is 1.57. The number of ketones is 1. The highest BCUT2D eigenvalue weighted by molar-refractivity contribution is 6.07. The quantitative estimate of drug-likeness (QED) is 0.337. The van der Waals surface area contributed by atoms with Gasteiger partial charge in [-0.05, 0) is 24.8 Å². The molecule has 2 atom stereocenters. The number of imide groups is 1. The molecule has 1 heterocycles. The summed E-state index contributed by atoms with van der Waals surface area (Å²) in [6.45, 7) is 1.17. The summed E-state index contributed by atoms with van der Waals surface area (Å²) in [6, 6.07) is 7.10. The van der Waals surface area contributed by atoms with Gasteiger partial charge in [0.2, 0.25) is 11.8 Å². The molecule has 2 amide bonds. The molecule has 1 aliphatic carbocycles. The van der Waals surface area contributed by atoms with Crippen molar-refractivity contribution in [2.24, 2.45) is 11.8 Å². The number of hydrogen-bond acceptors (Lipinski definition) is 5. The van der Waals surface area contributed by atoms with Gasteiger partial charge in [-0.3, -0.25) is 24.1 Å². The van der Waals surface area contributed by atoms with E-state index in [0.717, 1.165) is 16.9 Å². The van der Waals surface area contributed by atoms with Crippen LogP contribution < -0.4 is 0 Å². The van der Waals surface area contributed by atoms with E-state index >= 15 is 0 Å². The van der Waals surface area contributed by atoms with Crippen molar-refractivity contribution < 1.29 is 23.9 Å². The van der Waals surface area contributed by atoms with Gasteiger partial charge >= 0.3 is 5.97 Å². The van der Waals surface area contributed by atoms with E-state index in [4.69, 9.17) is 4.74 Å². The average Bonchev–Trinajstić information content (AvgIpc) is 2.91. The van der Waals surface area contributed by atoms with Crippen molar-refractivity contribution in [3.63, 3.8) is 0 Å². The lowest BCUT2D eigenvalue weighted by atomic mass is 9.85. The number of carbonyl (C=O) groups is 4. The largest absolute Gasteiger partial charge is 0.456 e. The molecule has 6 nitrogen and oxygen atoms in total. The van der Waals surface area contributed by atoms with Crippen molar-refractivity contribution in [2.75, 3.05) is 13.2 Å². The first-order valence-corrected chi connectivity index (χ1v) is 8.79. The Morgan fingerprint density at radius 1 is 1.04 bits per heavy atom. The lowest BCUT2D eigenvalue weighted by Gasteiger charge is -2.14. The summed E-state index contributed by atoms with van der Waals surface area (Å²) in [5, 5.41) is 0. The van der Waals surface area contributed by atoms with Crippen molar-refractivity contribution in [3.05, 3.63) is 47.5 Å². The number of esters is 1. The Balaban J connectivity index is 1.53. The number of allylic oxidation sites excluding steroid dienone is 2. The molecule has 0 unspecified atom stereocenters. The van der Waals surface area contributed by atoms with Crippen LogP contribution in [0.15, 0.2) is 36.4 Å². The third-order valence-corrected chi connectivity index (χ3v) is 4.93. The van der Waals surface area contributed by atoms with Crippen LogP contribution in [-0.4, -0.2) is 41.6 Å². The second kappa shape index (κ2) is 7.64. The minimum atomic E-state index is -0.753. The third-order valence-electron chi connectivity index (χ3n) is 4.93. The van der Waals surface area contributed by atoms with Crippen LogP contribution in [0.2, 0.25) is 0 Å². The minimum Gasteiger partial charge on any atom is -0.456 e. The summed E-state index contributed by atoms with van der Waals surface area (Å²) in [4.78, 5) is 49.7. The molecule has 0 saturated carbocycles. The van der Waals surface area contributed by atoms with Gasteiger partial charge < -0.3 is 4.74 Å². The Labute approximate surface area is 151 Å². The van der Waals surface area contributed by atoms with Gasteiger partial charge in [0.25, 0.3) is 0 Å². The molecule has 0 spiro atoms. The molecule has 1 aromatic rings. The van der Waals surface area contributed by atoms with Crippen LogP contribution in [0.25, 0.3) is 0 Å². The maximum atomic E-state index is 12.3. The molecule has 1 fully saturated rings. The molecule has 0 N–H and O–H groups in total. The van der Waals surface area contributed by atoms with Gasteiger partial charge in [0, 0.05) is 5.56 Å². The van der Waals surface area contributed by atoms with E-state index < -0.39 is 19.1 Å². The van der Waals surface area contributed by atoms with E-state index in [1.807, 2.05) is 31.2 Å². The van der Waals surface area contributed by atoms with Crippen molar-refractivity contribution in [3.8, 4) is 0 Å². The van der Waals surface area contributed by atoms with Crippen molar-refractivity contribution in [1.29, 1.82) is 0 Å². The molecule has 2 aliphatic rings. The maximum Gasteiger partial charge on any atom is 0.326 e. The second-order valence-electron chi connectivity index (χ2n) is 6.55. The fraction of sp³-hybridized carbons (Fsp3) is 0.400. The summed E-state index contributed by atoms with van der Waals surface area (Å²) in [7, 11) is 0. The lowest BCUT2D eigenvalue weighted by Crippen LogP contribution is -2.37. The standard InChI is InChI=1S/C20H21NO5/c1-2-13-7-9-14(10-8-13)17(22)12-26-18(23)11-21-19(24)15-5-3-4-6-16(15)20(21)25/h3-4,7-10,15-16H,2,5-6,11-12H2,1H3/t15-,16-/m1/s1. The fourth-order valence-electron chi connectivity index (χ4n) is 3.36. The van der Waals surface area contributed by atoms with Gasteiger partial charge in [-0.15, -0.1) is 0 Å². The number of hydrogen-bond donors (Lipinski definition) is 0. The summed E-state index contributed by atoms with van der Waals surface area (Å²) < 4.78 is 4.98. The van der Waals surface area contributed by atoms with Gasteiger partial charge in [-0.2, -0.15) is 0 Å². The molecule has 26 heavy (non-hydrogen) atoms. The zero-order chi connectivity index (χ0) is 18.7. The summed E-state index contributed by atoms with van der Waals surface area (Å²) in [6.07, 6.45) is 5.69. The van der Waals surface area contributed by atoms with E-state index in [0.29, 0.717) is 18.4 Å². The Bertz CT molecular complexity index is 739. The summed E-state index contributed by atoms with van der Waals surface area (Å²) in [5.74, 6) is -2.49. The van der Waals surface area contributed by atoms with E-state index in [9.17, 15) is 19.2 Å². The van der Waals surface area contributed by atoms with E-state index in [-0.39, 0.29) is 29.4 Å². The normalized spacial score (nSPS) is 21.7. The molecule has 0 bridgehead atoms. The molecule has 6 heteroatoms. The molecule has 3 rings (SSSR count). The molecule has 0 aromatic heterocycles. The van der Waals surface area contributed by atoms with Gasteiger partial charge in [-0.1, -0.05) is 43.3 Å². The van der Waals surface area contributed by atoms with Gasteiger partial charge in [-0.25, -0.2) is 0 Å². The monoisotopic (exact) mass is 355 g/mol. The Morgan fingerprint density at radius 2 is 1.62 bits per heavy atom. The molecule has 136 valence electrons. The first-order valence-electron chi connectivity index (χ1n) is 8.79. The smallest absolute Gasteiger partial charge is 0.326 e. The highest BCUT2D eigenvalue weighted by atomic mass is 16.5. The zero-order valence-electron chi connectivity index (χ0n) is 14.6. The average molecular weight is 355 g/mol. The zero-order valence-corrected chi connectivity index (χ0v) is 14.6. The number of carbonyl (C=O) groups excluding carboxylic acids is 4. The molecular formula is C20H21NO5. The number of ether oxygens (including phenoxy) is 1. The fourth-order valence-corrected chi connectivity index (χ4v) is 3.36. The third kappa shape index (κ3) is 3.59. The highest BCUT2D eigenvalue weighted by Gasteiger charge is 2.47. The van der Waals surface area contributed by atoms with Crippen molar-refractivity contribution in [1.82, 2.24) is 4.90 Å². The summed E-state index contributed by atoms with van der Waals surface area (Å²) >= 11 is 0. The van der Waals surface area contributed by atoms with Crippen LogP contribution >= 0.6 is 0 Å². The van der Waals surface area contributed by atoms with Crippen LogP contribution in [0, 0.1) is 11.8 Å². The van der Waals surface area contributed by atoms with E-state index in [2.05, 4.69) is 0 Å². The first-order chi connectivity index (χ1) is 12.5. The van der Waals surface area contributed by atoms with Gasteiger partial charge in [0.1, 0.15) is 6.54 Å². The number of aryl methyl sites for hydroxylation is 1. The highest BCUT2D eigenvalue weighted by Crippen LogP contribution is 2.34. The molecule has 1 aromatic carbocycles. The van der Waals surface area contributed by atoms with Crippen LogP contribution in [0.5, 0.6) is 0 Å². The predicted octanol–water partition coefficient (Wildman–Crippen LogP) is 1.93. The SMILES string of the molecule is CCc1ccc(C(=O)COC(=O)CN2C(=O)[C@@H]3CC=CC[C@H]3C2=O)cc1. The lowest BCUT2D eigenvalue weighted by molar-refractivity contribution is -0.152. The number of likely N-dealkylation sites (tertiary alicyclic amines) is 1. The number of fused-ring (bicyclic) bond motifs is 1. The number of amides is 2. The van der Waals surface area contributed by atoms with Crippen molar-refractivity contribution >= 4 is 23.6 Å². The van der Waals surface area contributed by atoms with Crippen LogP contribution in [0.1, 0.15) is 35.7 Å². The molecule has 1 saturated heterocycles. The number of Topliss-reactive ketones (excluding diaryl/α,β-unsaturated/α-hetero) is 1. The first kappa shape index (κ1) is 18.0. The van der Waals surface area contributed by atoms with Crippen LogP contribution in [0.4, 0.5) is 0 Å². The Hall–Kier alpha value is -2.76. The second-order valence-corrected chi connectivity index (χ2v) is 6.55. The van der Waals surface area contributed by atoms with E-state index in [1.165, 1.54) is 0 Å². The minimum absolute atomic E-state index is 0.321. The topological polar surface area (TPSA) is 80.8 Å². The van der Waals surface area contributed by atoms with Crippen molar-refractivity contribution in [2.45, 2.75) is 26.2 Å². The van der Waals surface area contributed by atoms with Crippen LogP contribution in [0.3, 0.4) is 0 Å². The van der Waals surface area contributed by atoms with Gasteiger partial charge in [0.05, 0.1) is 11.8 Å². The van der Waals surface area contributed by atoms with E-state index in [1.54, 1.807) is 12.1 Å². The number of nitrogens with zero attached hydrogens (tertiary/aromatic N) is 1. The molecule has 0 radical (unpaired) electrons. The molecular weight excluding hydrogens is 334 g/mol.